The van der Waals surface area contributed by atoms with Gasteiger partial charge in [-0.15, -0.1) is 11.6 Å². The minimum absolute atomic E-state index is 0.0890. The number of β-amino-alcohol motifs (C(OH)–C–C–N with tert-alkyl or cyclic N) is 1. The lowest BCUT2D eigenvalue weighted by Crippen LogP contribution is -2.27. The Kier molecular flexibility index (Phi) is 7.05. The third kappa shape index (κ3) is 4.82. The normalized spacial score (nSPS) is 19.2. The molecule has 2 rings (SSSR count). The van der Waals surface area contributed by atoms with Crippen LogP contribution in [0.2, 0.25) is 0 Å². The van der Waals surface area contributed by atoms with Gasteiger partial charge in [-0.2, -0.15) is 0 Å². The first-order valence-electron chi connectivity index (χ1n) is 6.41. The van der Waals surface area contributed by atoms with E-state index in [-0.39, 0.29) is 18.4 Å². The summed E-state index contributed by atoms with van der Waals surface area (Å²) < 4.78 is 0. The zero-order valence-electron chi connectivity index (χ0n) is 10.6. The Hall–Kier alpha value is -0.810. The average Bonchev–Trinajstić information content (AvgIpc) is 2.92. The fraction of sp³-hybridized carbons (Fsp3) is 0.833. The van der Waals surface area contributed by atoms with Crippen molar-refractivity contribution in [1.29, 1.82) is 0 Å². The van der Waals surface area contributed by atoms with Crippen molar-refractivity contribution in [2.24, 2.45) is 0 Å². The number of aliphatic hydroxyl groups excluding tert-OH is 1. The zero-order valence-corrected chi connectivity index (χ0v) is 11.4. The standard InChI is InChI=1S/C6H10ClNO.C6H11NO2/c7-3-5-8-4-1-2-6(8)9;8-5-4-7-3-1-2-6(7)9/h1-5H2;8H,1-5H2. The predicted octanol–water partition coefficient (Wildman–Crippen LogP) is 0.449. The van der Waals surface area contributed by atoms with Gasteiger partial charge in [-0.25, -0.2) is 0 Å². The highest BCUT2D eigenvalue weighted by molar-refractivity contribution is 6.18. The lowest BCUT2D eigenvalue weighted by Gasteiger charge is -2.11. The number of aliphatic hydroxyl groups is 1. The highest BCUT2D eigenvalue weighted by Gasteiger charge is 2.19. The summed E-state index contributed by atoms with van der Waals surface area (Å²) in [5.41, 5.74) is 0. The van der Waals surface area contributed by atoms with E-state index in [0.717, 1.165) is 38.9 Å². The van der Waals surface area contributed by atoms with E-state index < -0.39 is 0 Å². The van der Waals surface area contributed by atoms with Gasteiger partial charge < -0.3 is 14.9 Å². The van der Waals surface area contributed by atoms with Crippen LogP contribution >= 0.6 is 11.6 Å². The Morgan fingerprint density at radius 2 is 1.50 bits per heavy atom. The quantitative estimate of drug-likeness (QED) is 0.759. The van der Waals surface area contributed by atoms with Crippen LogP contribution < -0.4 is 0 Å². The van der Waals surface area contributed by atoms with Gasteiger partial charge in [-0.1, -0.05) is 0 Å². The number of amides is 2. The van der Waals surface area contributed by atoms with Crippen molar-refractivity contribution < 1.29 is 14.7 Å². The first-order chi connectivity index (χ1) is 8.69. The number of hydrogen-bond acceptors (Lipinski definition) is 3. The van der Waals surface area contributed by atoms with Crippen LogP contribution in [0.5, 0.6) is 0 Å². The molecule has 0 spiro atoms. The molecule has 0 unspecified atom stereocenters. The Morgan fingerprint density at radius 1 is 1.00 bits per heavy atom. The Morgan fingerprint density at radius 3 is 1.83 bits per heavy atom. The fourth-order valence-corrected chi connectivity index (χ4v) is 2.31. The lowest BCUT2D eigenvalue weighted by molar-refractivity contribution is -0.128. The van der Waals surface area contributed by atoms with E-state index in [1.807, 2.05) is 4.90 Å². The summed E-state index contributed by atoms with van der Waals surface area (Å²) in [6, 6.07) is 0. The SMILES string of the molecule is O=C1CCCN1CCCl.O=C1CCCN1CCO. The molecule has 6 heteroatoms. The zero-order chi connectivity index (χ0) is 13.4. The minimum Gasteiger partial charge on any atom is -0.395 e. The average molecular weight is 277 g/mol. The third-order valence-electron chi connectivity index (χ3n) is 3.07. The molecule has 2 saturated heterocycles. The van der Waals surface area contributed by atoms with Crippen molar-refractivity contribution in [1.82, 2.24) is 9.80 Å². The Bertz CT molecular complexity index is 258. The van der Waals surface area contributed by atoms with E-state index in [9.17, 15) is 9.59 Å². The molecule has 0 saturated carbocycles. The summed E-state index contributed by atoms with van der Waals surface area (Å²) in [7, 11) is 0. The largest absolute Gasteiger partial charge is 0.395 e. The molecule has 0 bridgehead atoms. The van der Waals surface area contributed by atoms with E-state index >= 15 is 0 Å². The highest BCUT2D eigenvalue weighted by atomic mass is 35.5. The van der Waals surface area contributed by atoms with Crippen molar-refractivity contribution in [2.75, 3.05) is 38.7 Å². The van der Waals surface area contributed by atoms with Crippen LogP contribution in [-0.4, -0.2) is 65.4 Å². The smallest absolute Gasteiger partial charge is 0.222 e. The van der Waals surface area contributed by atoms with E-state index in [2.05, 4.69) is 0 Å². The number of hydrogen-bond donors (Lipinski definition) is 1. The van der Waals surface area contributed by atoms with Crippen LogP contribution in [-0.2, 0) is 9.59 Å². The van der Waals surface area contributed by atoms with Crippen molar-refractivity contribution >= 4 is 23.4 Å². The maximum atomic E-state index is 10.8. The molecule has 5 nitrogen and oxygen atoms in total. The van der Waals surface area contributed by atoms with E-state index in [4.69, 9.17) is 16.7 Å². The fourth-order valence-electron chi connectivity index (χ4n) is 2.10. The van der Waals surface area contributed by atoms with Crippen LogP contribution in [0.4, 0.5) is 0 Å². The molecule has 0 radical (unpaired) electrons. The summed E-state index contributed by atoms with van der Waals surface area (Å²) in [6.07, 6.45) is 3.35. The molecule has 18 heavy (non-hydrogen) atoms. The van der Waals surface area contributed by atoms with Gasteiger partial charge in [-0.05, 0) is 12.8 Å². The molecule has 1 N–H and O–H groups in total. The van der Waals surface area contributed by atoms with E-state index in [0.29, 0.717) is 18.8 Å². The molecular weight excluding hydrogens is 256 g/mol. The van der Waals surface area contributed by atoms with Crippen LogP contribution in [0, 0.1) is 0 Å². The number of likely N-dealkylation sites (tertiary alicyclic amines) is 2. The van der Waals surface area contributed by atoms with Crippen LogP contribution in [0.1, 0.15) is 25.7 Å². The molecule has 0 aromatic heterocycles. The number of alkyl halides is 1. The molecule has 2 amide bonds. The van der Waals surface area contributed by atoms with Gasteiger partial charge in [0.15, 0.2) is 0 Å². The summed E-state index contributed by atoms with van der Waals surface area (Å²) in [6.45, 7) is 3.07. The number of carbonyl (C=O) groups excluding carboxylic acids is 2. The molecule has 2 fully saturated rings. The molecule has 2 aliphatic heterocycles. The van der Waals surface area contributed by atoms with Crippen molar-refractivity contribution in [3.05, 3.63) is 0 Å². The number of halogens is 1. The van der Waals surface area contributed by atoms with Crippen LogP contribution in [0.3, 0.4) is 0 Å². The number of rotatable bonds is 4. The van der Waals surface area contributed by atoms with Gasteiger partial charge in [0, 0.05) is 44.9 Å². The summed E-state index contributed by atoms with van der Waals surface area (Å²) in [4.78, 5) is 25.1. The van der Waals surface area contributed by atoms with Gasteiger partial charge in [-0.3, -0.25) is 9.59 Å². The molecule has 104 valence electrons. The second-order valence-electron chi connectivity index (χ2n) is 4.38. The van der Waals surface area contributed by atoms with Crippen molar-refractivity contribution in [3.8, 4) is 0 Å². The first kappa shape index (κ1) is 15.2. The minimum atomic E-state index is 0.0890. The molecule has 2 aliphatic rings. The molecule has 0 aliphatic carbocycles. The molecule has 2 heterocycles. The van der Waals surface area contributed by atoms with Crippen molar-refractivity contribution in [2.45, 2.75) is 25.7 Å². The number of nitrogens with zero attached hydrogens (tertiary/aromatic N) is 2. The topological polar surface area (TPSA) is 60.9 Å². The predicted molar refractivity (Wildman–Crippen MR) is 69.4 cm³/mol. The molecule has 0 aromatic carbocycles. The molecule has 0 aromatic rings. The molecule has 0 atom stereocenters. The Balaban J connectivity index is 0.000000180. The van der Waals surface area contributed by atoms with E-state index in [1.165, 1.54) is 0 Å². The Labute approximate surface area is 113 Å². The third-order valence-corrected chi connectivity index (χ3v) is 3.24. The molecular formula is C12H21ClN2O3. The monoisotopic (exact) mass is 276 g/mol. The maximum absolute atomic E-state index is 10.8. The van der Waals surface area contributed by atoms with Crippen LogP contribution in [0.15, 0.2) is 0 Å². The van der Waals surface area contributed by atoms with Gasteiger partial charge in [0.05, 0.1) is 6.61 Å². The van der Waals surface area contributed by atoms with Crippen LogP contribution in [0.25, 0.3) is 0 Å². The van der Waals surface area contributed by atoms with E-state index in [1.54, 1.807) is 4.90 Å². The number of carbonyl (C=O) groups is 2. The van der Waals surface area contributed by atoms with Gasteiger partial charge >= 0.3 is 0 Å². The van der Waals surface area contributed by atoms with Crippen molar-refractivity contribution in [3.63, 3.8) is 0 Å². The summed E-state index contributed by atoms with van der Waals surface area (Å²) in [5.74, 6) is 1.01. The highest BCUT2D eigenvalue weighted by Crippen LogP contribution is 2.08. The summed E-state index contributed by atoms with van der Waals surface area (Å²) >= 11 is 5.45. The maximum Gasteiger partial charge on any atom is 0.222 e. The lowest BCUT2D eigenvalue weighted by atomic mass is 10.4. The second-order valence-corrected chi connectivity index (χ2v) is 4.76. The van der Waals surface area contributed by atoms with Gasteiger partial charge in [0.25, 0.3) is 0 Å². The second kappa shape index (κ2) is 8.32. The first-order valence-corrected chi connectivity index (χ1v) is 6.95. The van der Waals surface area contributed by atoms with Gasteiger partial charge in [0.1, 0.15) is 0 Å². The summed E-state index contributed by atoms with van der Waals surface area (Å²) in [5, 5.41) is 8.45. The van der Waals surface area contributed by atoms with Gasteiger partial charge in [0.2, 0.25) is 11.8 Å².